The molecule has 0 aliphatic rings. The first-order valence-corrected chi connectivity index (χ1v) is 9.20. The monoisotopic (exact) mass is 357 g/mol. The van der Waals surface area contributed by atoms with Gasteiger partial charge in [-0.1, -0.05) is 42.8 Å². The Morgan fingerprint density at radius 2 is 2.08 bits per heavy atom. The summed E-state index contributed by atoms with van der Waals surface area (Å²) in [6.07, 6.45) is 1.80. The van der Waals surface area contributed by atoms with E-state index >= 15 is 0 Å². The Morgan fingerprint density at radius 1 is 1.28 bits per heavy atom. The quantitative estimate of drug-likeness (QED) is 0.601. The molecule has 1 aromatic carbocycles. The molecule has 0 radical (unpaired) electrons. The van der Waals surface area contributed by atoms with Crippen LogP contribution < -0.4 is 5.32 Å². The number of amides is 1. The summed E-state index contributed by atoms with van der Waals surface area (Å²) in [6.45, 7) is 6.12. The van der Waals surface area contributed by atoms with E-state index in [4.69, 9.17) is 4.74 Å². The summed E-state index contributed by atoms with van der Waals surface area (Å²) in [6, 6.07) is 11.6. The molecule has 0 saturated heterocycles. The maximum absolute atomic E-state index is 12.7. The molecule has 0 saturated carbocycles. The van der Waals surface area contributed by atoms with Gasteiger partial charge < -0.3 is 10.1 Å². The van der Waals surface area contributed by atoms with Crippen LogP contribution in [0.3, 0.4) is 0 Å². The van der Waals surface area contributed by atoms with E-state index in [1.807, 2.05) is 55.6 Å². The minimum Gasteiger partial charge on any atom is -0.449 e. The van der Waals surface area contributed by atoms with Gasteiger partial charge in [-0.2, -0.15) is 0 Å². The number of rotatable bonds is 7. The van der Waals surface area contributed by atoms with Crippen molar-refractivity contribution in [3.05, 3.63) is 57.8 Å². The van der Waals surface area contributed by atoms with E-state index in [2.05, 4.69) is 5.32 Å². The van der Waals surface area contributed by atoms with E-state index < -0.39 is 12.1 Å². The molecule has 5 heteroatoms. The van der Waals surface area contributed by atoms with Gasteiger partial charge in [0.2, 0.25) is 0 Å². The van der Waals surface area contributed by atoms with E-state index in [-0.39, 0.29) is 5.91 Å². The van der Waals surface area contributed by atoms with Crippen LogP contribution in [-0.4, -0.2) is 24.5 Å². The molecule has 1 amide bonds. The lowest BCUT2D eigenvalue weighted by atomic mass is 10.1. The van der Waals surface area contributed by atoms with Gasteiger partial charge >= 0.3 is 5.97 Å². The Morgan fingerprint density at radius 3 is 2.72 bits per heavy atom. The molecule has 1 aromatic heterocycles. The molecule has 25 heavy (non-hydrogen) atoms. The molecule has 1 N–H and O–H groups in total. The second-order valence-corrected chi connectivity index (χ2v) is 6.74. The summed E-state index contributed by atoms with van der Waals surface area (Å²) in [5.74, 6) is -0.778. The molecule has 0 unspecified atom stereocenters. The first kappa shape index (κ1) is 18.9. The standard InChI is InChI=1S/C20H23NO3S/c1-4-10-21-19(22)15(3)24-20(23)17(18-9-6-11-25-18)13-16-8-5-7-14(2)12-16/h5-9,11-13,15H,4,10H2,1-3H3,(H,21,22)/b17-13+/t15-/m1/s1. The summed E-state index contributed by atoms with van der Waals surface area (Å²) in [4.78, 5) is 25.4. The van der Waals surface area contributed by atoms with Gasteiger partial charge in [0.25, 0.3) is 5.91 Å². The largest absolute Gasteiger partial charge is 0.449 e. The SMILES string of the molecule is CCCNC(=O)[C@@H](C)OC(=O)/C(=C/c1cccc(C)c1)c1cccs1. The second-order valence-electron chi connectivity index (χ2n) is 5.79. The maximum atomic E-state index is 12.7. The fourth-order valence-corrected chi connectivity index (χ4v) is 2.99. The molecule has 0 aliphatic carbocycles. The number of hydrogen-bond donors (Lipinski definition) is 1. The van der Waals surface area contributed by atoms with Crippen LogP contribution in [0.15, 0.2) is 41.8 Å². The Balaban J connectivity index is 2.21. The zero-order valence-corrected chi connectivity index (χ0v) is 15.6. The van der Waals surface area contributed by atoms with Crippen molar-refractivity contribution < 1.29 is 14.3 Å². The van der Waals surface area contributed by atoms with Gasteiger partial charge in [-0.3, -0.25) is 4.79 Å². The summed E-state index contributed by atoms with van der Waals surface area (Å²) in [7, 11) is 0. The third kappa shape index (κ3) is 5.57. The van der Waals surface area contributed by atoms with E-state index in [1.165, 1.54) is 11.3 Å². The molecule has 0 bridgehead atoms. The van der Waals surface area contributed by atoms with Crippen molar-refractivity contribution in [3.8, 4) is 0 Å². The van der Waals surface area contributed by atoms with Gasteiger partial charge in [0.1, 0.15) is 0 Å². The second kappa shape index (κ2) is 9.18. The van der Waals surface area contributed by atoms with Crippen LogP contribution in [0.25, 0.3) is 11.6 Å². The highest BCUT2D eigenvalue weighted by atomic mass is 32.1. The van der Waals surface area contributed by atoms with Crippen molar-refractivity contribution in [1.82, 2.24) is 5.32 Å². The zero-order valence-electron chi connectivity index (χ0n) is 14.7. The number of carbonyl (C=O) groups is 2. The molecule has 1 atom stereocenters. The minimum absolute atomic E-state index is 0.281. The number of benzene rings is 1. The van der Waals surface area contributed by atoms with Gasteiger partial charge in [0.15, 0.2) is 6.10 Å². The predicted octanol–water partition coefficient (Wildman–Crippen LogP) is 4.06. The van der Waals surface area contributed by atoms with Gasteiger partial charge in [-0.05, 0) is 43.4 Å². The van der Waals surface area contributed by atoms with Crippen molar-refractivity contribution in [2.45, 2.75) is 33.3 Å². The van der Waals surface area contributed by atoms with Crippen molar-refractivity contribution in [1.29, 1.82) is 0 Å². The number of thiophene rings is 1. The number of hydrogen-bond acceptors (Lipinski definition) is 4. The number of aryl methyl sites for hydroxylation is 1. The molecular formula is C20H23NO3S. The van der Waals surface area contributed by atoms with Gasteiger partial charge in [-0.25, -0.2) is 4.79 Å². The lowest BCUT2D eigenvalue weighted by molar-refractivity contribution is -0.149. The molecule has 0 aliphatic heterocycles. The van der Waals surface area contributed by atoms with Crippen LogP contribution in [0.4, 0.5) is 0 Å². The highest BCUT2D eigenvalue weighted by Gasteiger charge is 2.21. The molecule has 132 valence electrons. The predicted molar refractivity (Wildman–Crippen MR) is 102 cm³/mol. The third-order valence-corrected chi connectivity index (χ3v) is 4.47. The van der Waals surface area contributed by atoms with Crippen LogP contribution in [0.1, 0.15) is 36.3 Å². The van der Waals surface area contributed by atoms with Gasteiger partial charge in [0.05, 0.1) is 5.57 Å². The summed E-state index contributed by atoms with van der Waals surface area (Å²) < 4.78 is 5.39. The fraction of sp³-hybridized carbons (Fsp3) is 0.300. The van der Waals surface area contributed by atoms with Crippen molar-refractivity contribution in [2.24, 2.45) is 0 Å². The van der Waals surface area contributed by atoms with Crippen LogP contribution in [0.5, 0.6) is 0 Å². The number of esters is 1. The van der Waals surface area contributed by atoms with E-state index in [0.717, 1.165) is 22.4 Å². The highest BCUT2D eigenvalue weighted by molar-refractivity contribution is 7.11. The van der Waals surface area contributed by atoms with Crippen LogP contribution >= 0.6 is 11.3 Å². The maximum Gasteiger partial charge on any atom is 0.340 e. The molecule has 0 spiro atoms. The lowest BCUT2D eigenvalue weighted by Gasteiger charge is -2.14. The summed E-state index contributed by atoms with van der Waals surface area (Å²) >= 11 is 1.46. The molecule has 0 fully saturated rings. The van der Waals surface area contributed by atoms with Crippen molar-refractivity contribution >= 4 is 34.9 Å². The molecular weight excluding hydrogens is 334 g/mol. The molecule has 1 heterocycles. The van der Waals surface area contributed by atoms with Crippen molar-refractivity contribution in [2.75, 3.05) is 6.54 Å². The molecule has 4 nitrogen and oxygen atoms in total. The highest BCUT2D eigenvalue weighted by Crippen LogP contribution is 2.25. The number of nitrogens with one attached hydrogen (secondary N) is 1. The Hall–Kier alpha value is -2.40. The first-order valence-electron chi connectivity index (χ1n) is 8.32. The average Bonchev–Trinajstić information content (AvgIpc) is 3.11. The lowest BCUT2D eigenvalue weighted by Crippen LogP contribution is -2.36. The normalized spacial score (nSPS) is 12.5. The molecule has 2 rings (SSSR count). The third-order valence-electron chi connectivity index (χ3n) is 3.56. The van der Waals surface area contributed by atoms with E-state index in [0.29, 0.717) is 12.1 Å². The Bertz CT molecular complexity index is 750. The minimum atomic E-state index is -0.833. The Kier molecular flexibility index (Phi) is 6.95. The first-order chi connectivity index (χ1) is 12.0. The van der Waals surface area contributed by atoms with E-state index in [9.17, 15) is 9.59 Å². The van der Waals surface area contributed by atoms with Crippen LogP contribution in [0, 0.1) is 6.92 Å². The zero-order chi connectivity index (χ0) is 18.2. The van der Waals surface area contributed by atoms with E-state index in [1.54, 1.807) is 13.0 Å². The average molecular weight is 357 g/mol. The number of ether oxygens (including phenoxy) is 1. The van der Waals surface area contributed by atoms with Gasteiger partial charge in [0, 0.05) is 11.4 Å². The van der Waals surface area contributed by atoms with Gasteiger partial charge in [-0.15, -0.1) is 11.3 Å². The van der Waals surface area contributed by atoms with Crippen LogP contribution in [-0.2, 0) is 14.3 Å². The summed E-state index contributed by atoms with van der Waals surface area (Å²) in [5.41, 5.74) is 2.49. The topological polar surface area (TPSA) is 55.4 Å². The molecule has 2 aromatic rings. The summed E-state index contributed by atoms with van der Waals surface area (Å²) in [5, 5.41) is 4.64. The fourth-order valence-electron chi connectivity index (χ4n) is 2.26. The van der Waals surface area contributed by atoms with Crippen molar-refractivity contribution in [3.63, 3.8) is 0 Å². The number of carbonyl (C=O) groups excluding carboxylic acids is 2. The van der Waals surface area contributed by atoms with Crippen LogP contribution in [0.2, 0.25) is 0 Å². The smallest absolute Gasteiger partial charge is 0.340 e. The Labute approximate surface area is 152 Å².